The minimum atomic E-state index is -0.742. The number of phenolic OH excluding ortho intramolecular Hbond substituents is 1. The number of hydrogen-bond acceptors (Lipinski definition) is 4. The molecular weight excluding hydrogens is 280 g/mol. The Morgan fingerprint density at radius 3 is 2.68 bits per heavy atom. The quantitative estimate of drug-likeness (QED) is 0.891. The van der Waals surface area contributed by atoms with E-state index in [-0.39, 0.29) is 11.7 Å². The maximum Gasteiger partial charge on any atom is 0.257 e. The molecule has 22 heavy (non-hydrogen) atoms. The van der Waals surface area contributed by atoms with Crippen molar-refractivity contribution in [1.29, 1.82) is 0 Å². The molecule has 1 heterocycles. The van der Waals surface area contributed by atoms with Crippen molar-refractivity contribution in [1.82, 2.24) is 9.80 Å². The topological polar surface area (TPSA) is 64.0 Å². The number of benzene rings is 1. The standard InChI is InChI=1S/C17H26N2O3/c1-13-5-6-14(15(20)11-13)16(21)19-9-4-7-17(22,8-10-19)12-18(2)3/h5-6,11,20,22H,4,7-10,12H2,1-3H3. The number of amides is 1. The van der Waals surface area contributed by atoms with E-state index in [4.69, 9.17) is 0 Å². The highest BCUT2D eigenvalue weighted by Crippen LogP contribution is 2.26. The van der Waals surface area contributed by atoms with Crippen LogP contribution in [-0.4, -0.2) is 65.3 Å². The predicted octanol–water partition coefficient (Wildman–Crippen LogP) is 1.62. The largest absolute Gasteiger partial charge is 0.507 e. The van der Waals surface area contributed by atoms with Gasteiger partial charge in [-0.25, -0.2) is 0 Å². The van der Waals surface area contributed by atoms with Crippen LogP contribution >= 0.6 is 0 Å². The molecule has 2 rings (SSSR count). The number of aromatic hydroxyl groups is 1. The zero-order chi connectivity index (χ0) is 16.3. The number of likely N-dealkylation sites (tertiary alicyclic amines) is 1. The van der Waals surface area contributed by atoms with Gasteiger partial charge in [0.25, 0.3) is 5.91 Å². The number of aliphatic hydroxyl groups is 1. The molecule has 1 unspecified atom stereocenters. The van der Waals surface area contributed by atoms with Gasteiger partial charge in [-0.3, -0.25) is 4.79 Å². The van der Waals surface area contributed by atoms with Crippen molar-refractivity contribution in [2.24, 2.45) is 0 Å². The van der Waals surface area contributed by atoms with Crippen LogP contribution in [0.1, 0.15) is 35.2 Å². The van der Waals surface area contributed by atoms with E-state index in [9.17, 15) is 15.0 Å². The molecule has 0 aromatic heterocycles. The molecule has 1 aromatic carbocycles. The van der Waals surface area contributed by atoms with E-state index in [0.717, 1.165) is 12.0 Å². The molecule has 0 bridgehead atoms. The first-order chi connectivity index (χ1) is 10.3. The third-order valence-electron chi connectivity index (χ3n) is 4.20. The molecule has 1 aliphatic rings. The highest BCUT2D eigenvalue weighted by molar-refractivity contribution is 5.96. The molecule has 0 spiro atoms. The summed E-state index contributed by atoms with van der Waals surface area (Å²) in [4.78, 5) is 16.3. The first kappa shape index (κ1) is 16.8. The Balaban J connectivity index is 2.09. The summed E-state index contributed by atoms with van der Waals surface area (Å²) >= 11 is 0. The van der Waals surface area contributed by atoms with Gasteiger partial charge in [0.1, 0.15) is 5.75 Å². The Labute approximate surface area is 132 Å². The molecule has 1 fully saturated rings. The number of rotatable bonds is 3. The third kappa shape index (κ3) is 3.99. The van der Waals surface area contributed by atoms with Gasteiger partial charge >= 0.3 is 0 Å². The van der Waals surface area contributed by atoms with Crippen LogP contribution in [0.4, 0.5) is 0 Å². The molecule has 5 heteroatoms. The number of nitrogens with zero attached hydrogens (tertiary/aromatic N) is 2. The first-order valence-corrected chi connectivity index (χ1v) is 7.77. The molecule has 0 radical (unpaired) electrons. The SMILES string of the molecule is Cc1ccc(C(=O)N2CCCC(O)(CN(C)C)CC2)c(O)c1. The number of likely N-dealkylation sites (N-methyl/N-ethyl adjacent to an activating group) is 1. The van der Waals surface area contributed by atoms with Crippen LogP contribution in [-0.2, 0) is 0 Å². The second-order valence-electron chi connectivity index (χ2n) is 6.63. The summed E-state index contributed by atoms with van der Waals surface area (Å²) in [5.41, 5.74) is 0.516. The third-order valence-corrected chi connectivity index (χ3v) is 4.20. The monoisotopic (exact) mass is 306 g/mol. The van der Waals surface area contributed by atoms with Gasteiger partial charge in [-0.15, -0.1) is 0 Å². The van der Waals surface area contributed by atoms with Crippen LogP contribution in [0, 0.1) is 6.92 Å². The summed E-state index contributed by atoms with van der Waals surface area (Å²) in [6, 6.07) is 5.10. The number of phenols is 1. The number of aryl methyl sites for hydroxylation is 1. The lowest BCUT2D eigenvalue weighted by Gasteiger charge is -2.30. The number of carbonyl (C=O) groups is 1. The van der Waals surface area contributed by atoms with Crippen LogP contribution < -0.4 is 0 Å². The fraction of sp³-hybridized carbons (Fsp3) is 0.588. The Morgan fingerprint density at radius 1 is 1.32 bits per heavy atom. The van der Waals surface area contributed by atoms with E-state index in [1.165, 1.54) is 0 Å². The molecule has 122 valence electrons. The van der Waals surface area contributed by atoms with Crippen molar-refractivity contribution in [3.8, 4) is 5.75 Å². The van der Waals surface area contributed by atoms with E-state index < -0.39 is 5.60 Å². The van der Waals surface area contributed by atoms with Gasteiger partial charge in [0.2, 0.25) is 0 Å². The molecule has 0 saturated carbocycles. The van der Waals surface area contributed by atoms with E-state index >= 15 is 0 Å². The maximum absolute atomic E-state index is 12.6. The Kier molecular flexibility index (Phi) is 5.08. The highest BCUT2D eigenvalue weighted by atomic mass is 16.3. The zero-order valence-electron chi connectivity index (χ0n) is 13.7. The van der Waals surface area contributed by atoms with Crippen LogP contribution in [0.2, 0.25) is 0 Å². The van der Waals surface area contributed by atoms with Gasteiger partial charge in [-0.05, 0) is 58.0 Å². The summed E-state index contributed by atoms with van der Waals surface area (Å²) in [6.07, 6.45) is 2.01. The number of carbonyl (C=O) groups excluding carboxylic acids is 1. The Hall–Kier alpha value is -1.59. The summed E-state index contributed by atoms with van der Waals surface area (Å²) in [5.74, 6) is -0.135. The predicted molar refractivity (Wildman–Crippen MR) is 86.1 cm³/mol. The lowest BCUT2D eigenvalue weighted by atomic mass is 9.94. The number of hydrogen-bond donors (Lipinski definition) is 2. The molecule has 1 aliphatic heterocycles. The molecule has 1 saturated heterocycles. The molecule has 1 aromatic rings. The van der Waals surface area contributed by atoms with Crippen molar-refractivity contribution >= 4 is 5.91 Å². The lowest BCUT2D eigenvalue weighted by Crippen LogP contribution is -2.41. The van der Waals surface area contributed by atoms with Crippen LogP contribution in [0.25, 0.3) is 0 Å². The van der Waals surface area contributed by atoms with Crippen molar-refractivity contribution in [3.63, 3.8) is 0 Å². The van der Waals surface area contributed by atoms with Crippen LogP contribution in [0.3, 0.4) is 0 Å². The molecule has 1 atom stereocenters. The molecule has 5 nitrogen and oxygen atoms in total. The average molecular weight is 306 g/mol. The molecular formula is C17H26N2O3. The fourth-order valence-corrected chi connectivity index (χ4v) is 3.12. The minimum absolute atomic E-state index is 0.0257. The average Bonchev–Trinajstić information content (AvgIpc) is 2.59. The lowest BCUT2D eigenvalue weighted by molar-refractivity contribution is 0.00305. The van der Waals surface area contributed by atoms with Crippen molar-refractivity contribution < 1.29 is 15.0 Å². The second kappa shape index (κ2) is 6.67. The summed E-state index contributed by atoms with van der Waals surface area (Å²) in [7, 11) is 3.88. The van der Waals surface area contributed by atoms with E-state index in [1.807, 2.05) is 32.0 Å². The molecule has 0 aliphatic carbocycles. The van der Waals surface area contributed by atoms with Gasteiger partial charge in [0.15, 0.2) is 0 Å². The Bertz CT molecular complexity index is 545. The van der Waals surface area contributed by atoms with Gasteiger partial charge in [-0.1, -0.05) is 6.07 Å². The van der Waals surface area contributed by atoms with E-state index in [1.54, 1.807) is 17.0 Å². The van der Waals surface area contributed by atoms with E-state index in [0.29, 0.717) is 38.0 Å². The first-order valence-electron chi connectivity index (χ1n) is 7.77. The van der Waals surface area contributed by atoms with Gasteiger partial charge in [0.05, 0.1) is 11.2 Å². The van der Waals surface area contributed by atoms with Gasteiger partial charge < -0.3 is 20.0 Å². The second-order valence-corrected chi connectivity index (χ2v) is 6.63. The summed E-state index contributed by atoms with van der Waals surface area (Å²) in [6.45, 7) is 3.60. The van der Waals surface area contributed by atoms with Crippen LogP contribution in [0.5, 0.6) is 5.75 Å². The molecule has 1 amide bonds. The van der Waals surface area contributed by atoms with E-state index in [2.05, 4.69) is 0 Å². The minimum Gasteiger partial charge on any atom is -0.507 e. The van der Waals surface area contributed by atoms with Crippen molar-refractivity contribution in [3.05, 3.63) is 29.3 Å². The fourth-order valence-electron chi connectivity index (χ4n) is 3.12. The zero-order valence-corrected chi connectivity index (χ0v) is 13.7. The van der Waals surface area contributed by atoms with Crippen LogP contribution in [0.15, 0.2) is 18.2 Å². The van der Waals surface area contributed by atoms with Gasteiger partial charge in [0, 0.05) is 19.6 Å². The maximum atomic E-state index is 12.6. The smallest absolute Gasteiger partial charge is 0.257 e. The molecule has 2 N–H and O–H groups in total. The van der Waals surface area contributed by atoms with Crippen molar-refractivity contribution in [2.45, 2.75) is 31.8 Å². The highest BCUT2D eigenvalue weighted by Gasteiger charge is 2.32. The van der Waals surface area contributed by atoms with Crippen molar-refractivity contribution in [2.75, 3.05) is 33.7 Å². The normalized spacial score (nSPS) is 22.7. The van der Waals surface area contributed by atoms with Gasteiger partial charge in [-0.2, -0.15) is 0 Å². The summed E-state index contributed by atoms with van der Waals surface area (Å²) < 4.78 is 0. The Morgan fingerprint density at radius 2 is 2.05 bits per heavy atom. The summed E-state index contributed by atoms with van der Waals surface area (Å²) in [5, 5.41) is 20.6.